The molecule has 1 atom stereocenters. The zero-order valence-electron chi connectivity index (χ0n) is 10.6. The van der Waals surface area contributed by atoms with Crippen LogP contribution in [-0.2, 0) is 11.2 Å². The van der Waals surface area contributed by atoms with Crippen LogP contribution in [0.3, 0.4) is 0 Å². The van der Waals surface area contributed by atoms with E-state index in [0.29, 0.717) is 12.0 Å². The van der Waals surface area contributed by atoms with E-state index in [0.717, 1.165) is 5.56 Å². The molecule has 0 bridgehead atoms. The van der Waals surface area contributed by atoms with Gasteiger partial charge in [-0.15, -0.1) is 0 Å². The number of hydrogen-bond donors (Lipinski definition) is 1. The topological polar surface area (TPSA) is 40.5 Å². The Hall–Kier alpha value is -1.42. The van der Waals surface area contributed by atoms with E-state index in [1.54, 1.807) is 45.0 Å². The molecule has 0 radical (unpaired) electrons. The first-order valence-electron chi connectivity index (χ1n) is 5.43. The Morgan fingerprint density at radius 1 is 1.47 bits per heavy atom. The second-order valence-corrected chi connectivity index (χ2v) is 4.73. The minimum absolute atomic E-state index is 0.268. The summed E-state index contributed by atoms with van der Waals surface area (Å²) in [6, 6.07) is 4.70. The van der Waals surface area contributed by atoms with Crippen molar-refractivity contribution in [3.63, 3.8) is 0 Å². The lowest BCUT2D eigenvalue weighted by Crippen LogP contribution is -2.50. The van der Waals surface area contributed by atoms with Gasteiger partial charge in [-0.1, -0.05) is 12.1 Å². The van der Waals surface area contributed by atoms with Crippen LogP contribution in [0, 0.1) is 12.7 Å². The van der Waals surface area contributed by atoms with Gasteiger partial charge >= 0.3 is 5.97 Å². The SMILES string of the molecule is Cc1cc(CC(C)(C(=O)O)N(C)C)ccc1F. The van der Waals surface area contributed by atoms with Crippen molar-refractivity contribution in [3.8, 4) is 0 Å². The van der Waals surface area contributed by atoms with Gasteiger partial charge in [0.25, 0.3) is 0 Å². The van der Waals surface area contributed by atoms with Gasteiger partial charge in [0.2, 0.25) is 0 Å². The molecule has 0 aliphatic rings. The molecule has 0 aliphatic carbocycles. The molecule has 0 amide bonds. The van der Waals surface area contributed by atoms with E-state index in [1.807, 2.05) is 0 Å². The highest BCUT2D eigenvalue weighted by Gasteiger charge is 2.35. The molecular weight excluding hydrogens is 221 g/mol. The Morgan fingerprint density at radius 3 is 2.47 bits per heavy atom. The highest BCUT2D eigenvalue weighted by atomic mass is 19.1. The third kappa shape index (κ3) is 2.82. The lowest BCUT2D eigenvalue weighted by molar-refractivity contribution is -0.148. The van der Waals surface area contributed by atoms with Crippen molar-refractivity contribution in [1.29, 1.82) is 0 Å². The lowest BCUT2D eigenvalue weighted by Gasteiger charge is -2.32. The molecule has 0 heterocycles. The van der Waals surface area contributed by atoms with Crippen molar-refractivity contribution in [2.75, 3.05) is 14.1 Å². The van der Waals surface area contributed by atoms with E-state index in [4.69, 9.17) is 0 Å². The smallest absolute Gasteiger partial charge is 0.324 e. The summed E-state index contributed by atoms with van der Waals surface area (Å²) in [6.45, 7) is 3.33. The van der Waals surface area contributed by atoms with Crippen LogP contribution in [0.25, 0.3) is 0 Å². The highest BCUT2D eigenvalue weighted by molar-refractivity contribution is 5.78. The lowest BCUT2D eigenvalue weighted by atomic mass is 9.91. The maximum atomic E-state index is 13.1. The van der Waals surface area contributed by atoms with Crippen LogP contribution in [-0.4, -0.2) is 35.6 Å². The second kappa shape index (κ2) is 4.84. The summed E-state index contributed by atoms with van der Waals surface area (Å²) in [6.07, 6.45) is 0.344. The fourth-order valence-corrected chi connectivity index (χ4v) is 1.64. The van der Waals surface area contributed by atoms with Gasteiger partial charge in [0, 0.05) is 6.42 Å². The average Bonchev–Trinajstić information content (AvgIpc) is 2.22. The van der Waals surface area contributed by atoms with E-state index in [9.17, 15) is 14.3 Å². The molecule has 0 aliphatic heterocycles. The largest absolute Gasteiger partial charge is 0.480 e. The monoisotopic (exact) mass is 239 g/mol. The van der Waals surface area contributed by atoms with Crippen molar-refractivity contribution in [1.82, 2.24) is 4.90 Å². The van der Waals surface area contributed by atoms with Crippen molar-refractivity contribution < 1.29 is 14.3 Å². The standard InChI is InChI=1S/C13H18FNO2/c1-9-7-10(5-6-11(9)14)8-13(2,12(16)17)15(3)4/h5-7H,8H2,1-4H3,(H,16,17). The van der Waals surface area contributed by atoms with Crippen molar-refractivity contribution in [2.45, 2.75) is 25.8 Å². The minimum atomic E-state index is -0.982. The molecule has 0 aromatic heterocycles. The molecule has 94 valence electrons. The second-order valence-electron chi connectivity index (χ2n) is 4.73. The van der Waals surface area contributed by atoms with Crippen molar-refractivity contribution in [3.05, 3.63) is 35.1 Å². The summed E-state index contributed by atoms with van der Waals surface area (Å²) in [5, 5.41) is 9.27. The van der Waals surface area contributed by atoms with Crippen LogP contribution >= 0.6 is 0 Å². The first kappa shape index (κ1) is 13.6. The molecule has 1 unspecified atom stereocenters. The molecule has 4 heteroatoms. The predicted molar refractivity (Wildman–Crippen MR) is 64.6 cm³/mol. The van der Waals surface area contributed by atoms with Crippen LogP contribution < -0.4 is 0 Å². The van der Waals surface area contributed by atoms with Crippen molar-refractivity contribution >= 4 is 5.97 Å². The molecule has 1 rings (SSSR count). The fourth-order valence-electron chi connectivity index (χ4n) is 1.64. The van der Waals surface area contributed by atoms with E-state index in [1.165, 1.54) is 6.07 Å². The third-order valence-electron chi connectivity index (χ3n) is 3.22. The van der Waals surface area contributed by atoms with E-state index >= 15 is 0 Å². The number of rotatable bonds is 4. The van der Waals surface area contributed by atoms with Crippen LogP contribution in [0.5, 0.6) is 0 Å². The van der Waals surface area contributed by atoms with E-state index in [-0.39, 0.29) is 5.82 Å². The number of hydrogen-bond acceptors (Lipinski definition) is 2. The minimum Gasteiger partial charge on any atom is -0.480 e. The van der Waals surface area contributed by atoms with E-state index < -0.39 is 11.5 Å². The number of aryl methyl sites for hydroxylation is 1. The van der Waals surface area contributed by atoms with Crippen LogP contribution in [0.15, 0.2) is 18.2 Å². The van der Waals surface area contributed by atoms with Gasteiger partial charge in [-0.25, -0.2) is 4.39 Å². The average molecular weight is 239 g/mol. The maximum Gasteiger partial charge on any atom is 0.324 e. The van der Waals surface area contributed by atoms with Gasteiger partial charge in [0.15, 0.2) is 0 Å². The highest BCUT2D eigenvalue weighted by Crippen LogP contribution is 2.20. The Morgan fingerprint density at radius 2 is 2.06 bits per heavy atom. The number of carboxylic acid groups (broad SMARTS) is 1. The maximum absolute atomic E-state index is 13.1. The summed E-state index contributed by atoms with van der Waals surface area (Å²) in [5.41, 5.74) is 0.376. The number of likely N-dealkylation sites (N-methyl/N-ethyl adjacent to an activating group) is 1. The molecule has 0 fully saturated rings. The molecule has 1 aromatic rings. The summed E-state index contributed by atoms with van der Waals surface area (Å²) in [7, 11) is 3.45. The summed E-state index contributed by atoms with van der Waals surface area (Å²) in [5.74, 6) is -1.15. The quantitative estimate of drug-likeness (QED) is 0.874. The van der Waals surface area contributed by atoms with Gasteiger partial charge in [-0.3, -0.25) is 9.69 Å². The summed E-state index contributed by atoms with van der Waals surface area (Å²) < 4.78 is 13.1. The molecule has 17 heavy (non-hydrogen) atoms. The van der Waals surface area contributed by atoms with E-state index in [2.05, 4.69) is 0 Å². The van der Waals surface area contributed by atoms with Gasteiger partial charge in [0.05, 0.1) is 0 Å². The molecule has 0 saturated heterocycles. The van der Waals surface area contributed by atoms with Gasteiger partial charge in [-0.05, 0) is 45.1 Å². The molecule has 0 spiro atoms. The number of carbonyl (C=O) groups is 1. The Balaban J connectivity index is 3.02. The third-order valence-corrected chi connectivity index (χ3v) is 3.22. The van der Waals surface area contributed by atoms with Crippen molar-refractivity contribution in [2.24, 2.45) is 0 Å². The van der Waals surface area contributed by atoms with Crippen LogP contribution in [0.4, 0.5) is 4.39 Å². The molecule has 1 aromatic carbocycles. The number of nitrogens with zero attached hydrogens (tertiary/aromatic N) is 1. The normalized spacial score (nSPS) is 14.7. The first-order chi connectivity index (χ1) is 7.77. The number of benzene rings is 1. The Kier molecular flexibility index (Phi) is 3.88. The number of halogens is 1. The molecule has 1 N–H and O–H groups in total. The molecule has 0 saturated carbocycles. The number of aliphatic carboxylic acids is 1. The summed E-state index contributed by atoms with van der Waals surface area (Å²) in [4.78, 5) is 13.0. The van der Waals surface area contributed by atoms with Crippen LogP contribution in [0.2, 0.25) is 0 Å². The molecular formula is C13H18FNO2. The molecule has 3 nitrogen and oxygen atoms in total. The Labute approximate surface area is 101 Å². The van der Waals surface area contributed by atoms with Gasteiger partial charge in [-0.2, -0.15) is 0 Å². The van der Waals surface area contributed by atoms with Gasteiger partial charge in [0.1, 0.15) is 11.4 Å². The van der Waals surface area contributed by atoms with Gasteiger partial charge < -0.3 is 5.11 Å². The summed E-state index contributed by atoms with van der Waals surface area (Å²) >= 11 is 0. The van der Waals surface area contributed by atoms with Crippen LogP contribution in [0.1, 0.15) is 18.1 Å². The Bertz CT molecular complexity index is 431. The zero-order valence-corrected chi connectivity index (χ0v) is 10.6. The first-order valence-corrected chi connectivity index (χ1v) is 5.43. The predicted octanol–water partition coefficient (Wildman–Crippen LogP) is 2.08. The fraction of sp³-hybridized carbons (Fsp3) is 0.462. The number of carboxylic acids is 1. The zero-order chi connectivity index (χ0) is 13.2.